The van der Waals surface area contributed by atoms with Crippen LogP contribution >= 0.6 is 0 Å². The SMILES string of the molecule is CCCCN(c1nc(N)ncc1C)C(C)CC. The molecule has 0 spiro atoms. The Morgan fingerprint density at radius 2 is 2.12 bits per heavy atom. The van der Waals surface area contributed by atoms with Gasteiger partial charge in [0.15, 0.2) is 0 Å². The number of hydrogen-bond acceptors (Lipinski definition) is 4. The van der Waals surface area contributed by atoms with Crippen LogP contribution in [0.3, 0.4) is 0 Å². The molecule has 0 radical (unpaired) electrons. The summed E-state index contributed by atoms with van der Waals surface area (Å²) in [5.74, 6) is 1.34. The van der Waals surface area contributed by atoms with E-state index in [1.165, 1.54) is 12.8 Å². The Morgan fingerprint density at radius 1 is 1.41 bits per heavy atom. The van der Waals surface area contributed by atoms with E-state index in [1.54, 1.807) is 6.20 Å². The van der Waals surface area contributed by atoms with E-state index < -0.39 is 0 Å². The van der Waals surface area contributed by atoms with E-state index in [-0.39, 0.29) is 0 Å². The third-order valence-electron chi connectivity index (χ3n) is 3.11. The molecule has 0 saturated carbocycles. The fourth-order valence-electron chi connectivity index (χ4n) is 1.82. The van der Waals surface area contributed by atoms with Crippen molar-refractivity contribution >= 4 is 11.8 Å². The smallest absolute Gasteiger partial charge is 0.221 e. The van der Waals surface area contributed by atoms with E-state index >= 15 is 0 Å². The molecule has 2 N–H and O–H groups in total. The van der Waals surface area contributed by atoms with Gasteiger partial charge in [-0.25, -0.2) is 4.98 Å². The number of anilines is 2. The van der Waals surface area contributed by atoms with Crippen LogP contribution in [-0.2, 0) is 0 Å². The number of rotatable bonds is 6. The van der Waals surface area contributed by atoms with Gasteiger partial charge in [0.05, 0.1) is 0 Å². The van der Waals surface area contributed by atoms with Gasteiger partial charge in [0, 0.05) is 24.3 Å². The number of aromatic nitrogens is 2. The lowest BCUT2D eigenvalue weighted by Crippen LogP contribution is -2.35. The zero-order valence-corrected chi connectivity index (χ0v) is 11.4. The standard InChI is InChI=1S/C13H24N4/c1-5-7-8-17(11(4)6-2)12-10(3)9-15-13(14)16-12/h9,11H,5-8H2,1-4H3,(H2,14,15,16). The normalized spacial score (nSPS) is 12.5. The van der Waals surface area contributed by atoms with Crippen LogP contribution in [0, 0.1) is 6.92 Å². The summed E-state index contributed by atoms with van der Waals surface area (Å²) >= 11 is 0. The lowest BCUT2D eigenvalue weighted by atomic mass is 10.1. The first-order chi connectivity index (χ1) is 8.10. The summed E-state index contributed by atoms with van der Waals surface area (Å²) in [6.45, 7) is 9.70. The molecule has 96 valence electrons. The van der Waals surface area contributed by atoms with Crippen LogP contribution in [-0.4, -0.2) is 22.6 Å². The number of aryl methyl sites for hydroxylation is 1. The van der Waals surface area contributed by atoms with E-state index in [1.807, 2.05) is 6.92 Å². The minimum Gasteiger partial charge on any atom is -0.368 e. The summed E-state index contributed by atoms with van der Waals surface area (Å²) in [5.41, 5.74) is 6.78. The maximum Gasteiger partial charge on any atom is 0.221 e. The molecule has 0 saturated heterocycles. The van der Waals surface area contributed by atoms with Crippen LogP contribution in [0.4, 0.5) is 11.8 Å². The molecule has 17 heavy (non-hydrogen) atoms. The number of unbranched alkanes of at least 4 members (excludes halogenated alkanes) is 1. The van der Waals surface area contributed by atoms with E-state index in [0.29, 0.717) is 12.0 Å². The Kier molecular flexibility index (Phi) is 5.19. The molecule has 1 aromatic rings. The highest BCUT2D eigenvalue weighted by Gasteiger charge is 2.16. The highest BCUT2D eigenvalue weighted by Crippen LogP contribution is 2.21. The van der Waals surface area contributed by atoms with Crippen LogP contribution in [0.25, 0.3) is 0 Å². The van der Waals surface area contributed by atoms with Crippen molar-refractivity contribution in [2.45, 2.75) is 53.0 Å². The molecule has 0 aliphatic heterocycles. The van der Waals surface area contributed by atoms with Gasteiger partial charge in [0.1, 0.15) is 5.82 Å². The zero-order valence-electron chi connectivity index (χ0n) is 11.4. The first-order valence-corrected chi connectivity index (χ1v) is 6.45. The second-order valence-electron chi connectivity index (χ2n) is 4.54. The van der Waals surface area contributed by atoms with Crippen LogP contribution in [0.15, 0.2) is 6.20 Å². The summed E-state index contributed by atoms with van der Waals surface area (Å²) in [6.07, 6.45) is 5.27. The fraction of sp³-hybridized carbons (Fsp3) is 0.692. The maximum atomic E-state index is 5.69. The van der Waals surface area contributed by atoms with Crippen molar-refractivity contribution in [2.24, 2.45) is 0 Å². The highest BCUT2D eigenvalue weighted by molar-refractivity contribution is 5.48. The Morgan fingerprint density at radius 3 is 2.71 bits per heavy atom. The molecular weight excluding hydrogens is 212 g/mol. The highest BCUT2D eigenvalue weighted by atomic mass is 15.2. The zero-order chi connectivity index (χ0) is 12.8. The molecule has 4 heteroatoms. The summed E-state index contributed by atoms with van der Waals surface area (Å²) in [7, 11) is 0. The van der Waals surface area contributed by atoms with E-state index in [2.05, 4.69) is 35.6 Å². The molecule has 0 amide bonds. The van der Waals surface area contributed by atoms with Gasteiger partial charge in [-0.2, -0.15) is 4.98 Å². The molecule has 0 aliphatic carbocycles. The molecule has 1 aromatic heterocycles. The minimum atomic E-state index is 0.357. The second-order valence-corrected chi connectivity index (χ2v) is 4.54. The van der Waals surface area contributed by atoms with Gasteiger partial charge in [-0.15, -0.1) is 0 Å². The molecule has 1 unspecified atom stereocenters. The van der Waals surface area contributed by atoms with Gasteiger partial charge in [-0.1, -0.05) is 20.3 Å². The van der Waals surface area contributed by atoms with Crippen LogP contribution in [0.5, 0.6) is 0 Å². The summed E-state index contributed by atoms with van der Waals surface area (Å²) in [5, 5.41) is 0. The van der Waals surface area contributed by atoms with Crippen LogP contribution in [0.1, 0.15) is 45.6 Å². The number of nitrogens with zero attached hydrogens (tertiary/aromatic N) is 3. The van der Waals surface area contributed by atoms with Gasteiger partial charge < -0.3 is 10.6 Å². The van der Waals surface area contributed by atoms with Gasteiger partial charge >= 0.3 is 0 Å². The predicted molar refractivity (Wildman–Crippen MR) is 73.2 cm³/mol. The van der Waals surface area contributed by atoms with Gasteiger partial charge in [-0.3, -0.25) is 0 Å². The third kappa shape index (κ3) is 3.58. The van der Waals surface area contributed by atoms with Gasteiger partial charge in [0.2, 0.25) is 5.95 Å². The Hall–Kier alpha value is -1.32. The lowest BCUT2D eigenvalue weighted by molar-refractivity contribution is 0.588. The van der Waals surface area contributed by atoms with Gasteiger partial charge in [0.25, 0.3) is 0 Å². The van der Waals surface area contributed by atoms with Crippen LogP contribution < -0.4 is 10.6 Å². The number of nitrogen functional groups attached to an aromatic ring is 1. The first-order valence-electron chi connectivity index (χ1n) is 6.45. The number of nitrogens with two attached hydrogens (primary N) is 1. The topological polar surface area (TPSA) is 55.0 Å². The third-order valence-corrected chi connectivity index (χ3v) is 3.11. The van der Waals surface area contributed by atoms with E-state index in [4.69, 9.17) is 5.73 Å². The molecule has 0 bridgehead atoms. The largest absolute Gasteiger partial charge is 0.368 e. The van der Waals surface area contributed by atoms with Gasteiger partial charge in [-0.05, 0) is 26.7 Å². The van der Waals surface area contributed by atoms with Crippen molar-refractivity contribution in [3.8, 4) is 0 Å². The number of hydrogen-bond donors (Lipinski definition) is 1. The average molecular weight is 236 g/mol. The van der Waals surface area contributed by atoms with Crippen molar-refractivity contribution < 1.29 is 0 Å². The maximum absolute atomic E-state index is 5.69. The first kappa shape index (κ1) is 13.7. The van der Waals surface area contributed by atoms with Crippen LogP contribution in [0.2, 0.25) is 0 Å². The van der Waals surface area contributed by atoms with Crippen molar-refractivity contribution in [3.63, 3.8) is 0 Å². The second kappa shape index (κ2) is 6.42. The van der Waals surface area contributed by atoms with Crippen molar-refractivity contribution in [1.82, 2.24) is 9.97 Å². The molecular formula is C13H24N4. The molecule has 4 nitrogen and oxygen atoms in total. The van der Waals surface area contributed by atoms with Crippen molar-refractivity contribution in [1.29, 1.82) is 0 Å². The van der Waals surface area contributed by atoms with Crippen molar-refractivity contribution in [2.75, 3.05) is 17.2 Å². The Bertz CT molecular complexity index is 351. The van der Waals surface area contributed by atoms with E-state index in [9.17, 15) is 0 Å². The summed E-state index contributed by atoms with van der Waals surface area (Å²) in [6, 6.07) is 0.481. The fourth-order valence-corrected chi connectivity index (χ4v) is 1.82. The molecule has 0 fully saturated rings. The van der Waals surface area contributed by atoms with E-state index in [0.717, 1.165) is 24.3 Å². The summed E-state index contributed by atoms with van der Waals surface area (Å²) < 4.78 is 0. The summed E-state index contributed by atoms with van der Waals surface area (Å²) in [4.78, 5) is 10.8. The van der Waals surface area contributed by atoms with Crippen molar-refractivity contribution in [3.05, 3.63) is 11.8 Å². The molecule has 1 atom stereocenters. The monoisotopic (exact) mass is 236 g/mol. The predicted octanol–water partition coefficient (Wildman–Crippen LogP) is 2.77. The molecule has 0 aliphatic rings. The Balaban J connectivity index is 2.98. The lowest BCUT2D eigenvalue weighted by Gasteiger charge is -2.30. The Labute approximate surface area is 104 Å². The quantitative estimate of drug-likeness (QED) is 0.825. The average Bonchev–Trinajstić information content (AvgIpc) is 2.33. The minimum absolute atomic E-state index is 0.357. The molecule has 1 rings (SSSR count). The molecule has 1 heterocycles. The molecule has 0 aromatic carbocycles.